The Hall–Kier alpha value is -2.29. The molecule has 20 heavy (non-hydrogen) atoms. The summed E-state index contributed by atoms with van der Waals surface area (Å²) in [6.45, 7) is 4.06. The van der Waals surface area contributed by atoms with Gasteiger partial charge in [-0.15, -0.1) is 0 Å². The molecule has 1 aliphatic rings. The van der Waals surface area contributed by atoms with Crippen molar-refractivity contribution in [1.82, 2.24) is 0 Å². The summed E-state index contributed by atoms with van der Waals surface area (Å²) >= 11 is 0. The fourth-order valence-corrected chi connectivity index (χ4v) is 3.29. The lowest BCUT2D eigenvalue weighted by molar-refractivity contribution is -0.137. The number of aliphatic carboxylic acids is 1. The third-order valence-electron chi connectivity index (χ3n) is 3.96. The summed E-state index contributed by atoms with van der Waals surface area (Å²) in [5.41, 5.74) is 6.41. The van der Waals surface area contributed by atoms with E-state index in [9.17, 15) is 15.0 Å². The Balaban J connectivity index is 2.28. The molecule has 0 saturated heterocycles. The summed E-state index contributed by atoms with van der Waals surface area (Å²) in [6, 6.07) is 9.41. The van der Waals surface area contributed by atoms with Gasteiger partial charge in [0.05, 0.1) is 6.42 Å². The number of fused-ring (bicyclic) bond motifs is 3. The Morgan fingerprint density at radius 2 is 1.90 bits per heavy atom. The van der Waals surface area contributed by atoms with Gasteiger partial charge in [-0.2, -0.15) is 0 Å². The minimum atomic E-state index is -0.822. The SMILES string of the molecule is Cc1cc(C)c2c(c1)-c1ccc(O)cc1C2CC(=O)O. The first kappa shape index (κ1) is 12.7. The van der Waals surface area contributed by atoms with Gasteiger partial charge in [0.1, 0.15) is 5.75 Å². The molecule has 2 aromatic rings. The minimum absolute atomic E-state index is 0.0490. The lowest BCUT2D eigenvalue weighted by atomic mass is 9.90. The van der Waals surface area contributed by atoms with Gasteiger partial charge in [0, 0.05) is 5.92 Å². The van der Waals surface area contributed by atoms with E-state index >= 15 is 0 Å². The fourth-order valence-electron chi connectivity index (χ4n) is 3.29. The Bertz CT molecular complexity index is 716. The Morgan fingerprint density at radius 3 is 2.60 bits per heavy atom. The minimum Gasteiger partial charge on any atom is -0.508 e. The monoisotopic (exact) mass is 268 g/mol. The number of carbonyl (C=O) groups is 1. The molecule has 3 heteroatoms. The molecule has 1 aliphatic carbocycles. The van der Waals surface area contributed by atoms with E-state index in [2.05, 4.69) is 12.1 Å². The highest BCUT2D eigenvalue weighted by Gasteiger charge is 2.32. The molecule has 0 amide bonds. The first-order valence-corrected chi connectivity index (χ1v) is 6.63. The summed E-state index contributed by atoms with van der Waals surface area (Å²) in [5, 5.41) is 18.9. The predicted molar refractivity (Wildman–Crippen MR) is 77.1 cm³/mol. The van der Waals surface area contributed by atoms with Crippen LogP contribution in [0.5, 0.6) is 5.75 Å². The topological polar surface area (TPSA) is 57.5 Å². The Labute approximate surface area is 117 Å². The summed E-state index contributed by atoms with van der Waals surface area (Å²) in [5.74, 6) is -0.816. The number of rotatable bonds is 2. The zero-order chi connectivity index (χ0) is 14.4. The number of hydrogen-bond acceptors (Lipinski definition) is 2. The molecule has 0 spiro atoms. The van der Waals surface area contributed by atoms with Gasteiger partial charge >= 0.3 is 5.97 Å². The average molecular weight is 268 g/mol. The molecule has 2 N–H and O–H groups in total. The second kappa shape index (κ2) is 4.37. The van der Waals surface area contributed by atoms with Crippen LogP contribution < -0.4 is 0 Å². The largest absolute Gasteiger partial charge is 0.508 e. The molecular formula is C17H16O3. The highest BCUT2D eigenvalue weighted by Crippen LogP contribution is 2.49. The van der Waals surface area contributed by atoms with Crippen molar-refractivity contribution in [3.05, 3.63) is 52.6 Å². The van der Waals surface area contributed by atoms with Crippen molar-refractivity contribution in [2.24, 2.45) is 0 Å². The molecule has 0 aliphatic heterocycles. The van der Waals surface area contributed by atoms with Crippen LogP contribution in [0.2, 0.25) is 0 Å². The van der Waals surface area contributed by atoms with Gasteiger partial charge in [-0.05, 0) is 53.8 Å². The van der Waals surface area contributed by atoms with E-state index in [0.717, 1.165) is 33.4 Å². The molecule has 0 saturated carbocycles. The quantitative estimate of drug-likeness (QED) is 0.875. The molecule has 0 bridgehead atoms. The van der Waals surface area contributed by atoms with Crippen LogP contribution in [0.3, 0.4) is 0 Å². The summed E-state index contributed by atoms with van der Waals surface area (Å²) < 4.78 is 0. The van der Waals surface area contributed by atoms with E-state index < -0.39 is 5.97 Å². The van der Waals surface area contributed by atoms with Crippen molar-refractivity contribution in [3.63, 3.8) is 0 Å². The molecule has 1 unspecified atom stereocenters. The zero-order valence-electron chi connectivity index (χ0n) is 11.5. The van der Waals surface area contributed by atoms with Crippen molar-refractivity contribution in [2.45, 2.75) is 26.2 Å². The second-order valence-corrected chi connectivity index (χ2v) is 5.47. The number of carboxylic acid groups (broad SMARTS) is 1. The van der Waals surface area contributed by atoms with E-state index in [1.807, 2.05) is 19.9 Å². The van der Waals surface area contributed by atoms with Crippen LogP contribution >= 0.6 is 0 Å². The van der Waals surface area contributed by atoms with Crippen LogP contribution in [0.25, 0.3) is 11.1 Å². The highest BCUT2D eigenvalue weighted by molar-refractivity contribution is 5.83. The lowest BCUT2D eigenvalue weighted by Crippen LogP contribution is -2.06. The maximum atomic E-state index is 11.2. The molecule has 0 heterocycles. The van der Waals surface area contributed by atoms with Crippen molar-refractivity contribution in [2.75, 3.05) is 0 Å². The molecule has 3 nitrogen and oxygen atoms in total. The number of hydrogen-bond donors (Lipinski definition) is 2. The van der Waals surface area contributed by atoms with Gasteiger partial charge in [0.2, 0.25) is 0 Å². The highest BCUT2D eigenvalue weighted by atomic mass is 16.4. The number of phenols is 1. The average Bonchev–Trinajstić information content (AvgIpc) is 2.63. The van der Waals surface area contributed by atoms with Gasteiger partial charge in [-0.25, -0.2) is 0 Å². The number of aromatic hydroxyl groups is 1. The van der Waals surface area contributed by atoms with Crippen molar-refractivity contribution < 1.29 is 15.0 Å². The van der Waals surface area contributed by atoms with E-state index in [-0.39, 0.29) is 18.1 Å². The summed E-state index contributed by atoms with van der Waals surface area (Å²) in [7, 11) is 0. The smallest absolute Gasteiger partial charge is 0.304 e. The van der Waals surface area contributed by atoms with Crippen molar-refractivity contribution >= 4 is 5.97 Å². The Kier molecular flexibility index (Phi) is 2.78. The second-order valence-electron chi connectivity index (χ2n) is 5.47. The van der Waals surface area contributed by atoms with Crippen LogP contribution in [0.1, 0.15) is 34.6 Å². The van der Waals surface area contributed by atoms with Gasteiger partial charge < -0.3 is 10.2 Å². The van der Waals surface area contributed by atoms with Crippen LogP contribution in [-0.4, -0.2) is 16.2 Å². The van der Waals surface area contributed by atoms with E-state index in [1.54, 1.807) is 12.1 Å². The van der Waals surface area contributed by atoms with Gasteiger partial charge in [-0.1, -0.05) is 23.8 Å². The van der Waals surface area contributed by atoms with E-state index in [0.29, 0.717) is 0 Å². The molecule has 102 valence electrons. The number of aryl methyl sites for hydroxylation is 2. The Morgan fingerprint density at radius 1 is 1.15 bits per heavy atom. The molecule has 0 radical (unpaired) electrons. The maximum absolute atomic E-state index is 11.2. The van der Waals surface area contributed by atoms with Crippen LogP contribution in [0.15, 0.2) is 30.3 Å². The van der Waals surface area contributed by atoms with E-state index in [1.165, 1.54) is 0 Å². The van der Waals surface area contributed by atoms with Crippen molar-refractivity contribution in [3.8, 4) is 16.9 Å². The predicted octanol–water partition coefficient (Wildman–Crippen LogP) is 3.60. The molecular weight excluding hydrogens is 252 g/mol. The molecule has 1 atom stereocenters. The van der Waals surface area contributed by atoms with Gasteiger partial charge in [-0.3, -0.25) is 4.79 Å². The molecule has 3 rings (SSSR count). The number of carboxylic acids is 1. The number of phenolic OH excluding ortho intramolecular Hbond substituents is 1. The fraction of sp³-hybridized carbons (Fsp3) is 0.235. The van der Waals surface area contributed by atoms with Crippen LogP contribution in [0.4, 0.5) is 0 Å². The van der Waals surface area contributed by atoms with Crippen molar-refractivity contribution in [1.29, 1.82) is 0 Å². The maximum Gasteiger partial charge on any atom is 0.304 e. The summed E-state index contributed by atoms with van der Waals surface area (Å²) in [6.07, 6.45) is 0.0490. The number of benzene rings is 2. The zero-order valence-corrected chi connectivity index (χ0v) is 11.5. The normalized spacial score (nSPS) is 15.8. The lowest BCUT2D eigenvalue weighted by Gasteiger charge is -2.14. The van der Waals surface area contributed by atoms with Gasteiger partial charge in [0.15, 0.2) is 0 Å². The summed E-state index contributed by atoms with van der Waals surface area (Å²) in [4.78, 5) is 11.2. The van der Waals surface area contributed by atoms with E-state index in [4.69, 9.17) is 0 Å². The third kappa shape index (κ3) is 1.86. The first-order chi connectivity index (χ1) is 9.47. The first-order valence-electron chi connectivity index (χ1n) is 6.63. The molecule has 0 fully saturated rings. The standard InChI is InChI=1S/C17H16O3/c1-9-5-10(2)17-14(6-9)12-4-3-11(18)7-13(12)15(17)8-16(19)20/h3-7,15,18H,8H2,1-2H3,(H,19,20). The molecule has 2 aromatic carbocycles. The third-order valence-corrected chi connectivity index (χ3v) is 3.96. The van der Waals surface area contributed by atoms with Gasteiger partial charge in [0.25, 0.3) is 0 Å². The van der Waals surface area contributed by atoms with Crippen LogP contribution in [-0.2, 0) is 4.79 Å². The molecule has 0 aromatic heterocycles. The van der Waals surface area contributed by atoms with Crippen LogP contribution in [0, 0.1) is 13.8 Å².